The number of hydrogen-bond donors (Lipinski definition) is 0. The minimum Gasteiger partial charge on any atom is -0.342 e. The highest BCUT2D eigenvalue weighted by Crippen LogP contribution is 2.39. The Bertz CT molecular complexity index is 1050. The van der Waals surface area contributed by atoms with Gasteiger partial charge in [-0.2, -0.15) is 4.99 Å². The van der Waals surface area contributed by atoms with E-state index in [1.807, 2.05) is 17.0 Å². The molecule has 29 heavy (non-hydrogen) atoms. The van der Waals surface area contributed by atoms with E-state index in [2.05, 4.69) is 4.99 Å². The van der Waals surface area contributed by atoms with Gasteiger partial charge in [-0.05, 0) is 35.4 Å². The zero-order valence-corrected chi connectivity index (χ0v) is 18.4. The van der Waals surface area contributed by atoms with Crippen LogP contribution >= 0.6 is 35.0 Å². The van der Waals surface area contributed by atoms with Crippen LogP contribution in [0.5, 0.6) is 0 Å². The van der Waals surface area contributed by atoms with Crippen LogP contribution in [0.1, 0.15) is 11.1 Å². The SMILES string of the molecule is O=C(Cc1ccc(Cl)cc1)N=C1S[C@@H]2CS(=O)(=O)C[C@H]2N1Cc1ccc(Cl)cc1. The lowest BCUT2D eigenvalue weighted by atomic mass is 10.1. The fourth-order valence-electron chi connectivity index (χ4n) is 3.53. The molecule has 2 atom stereocenters. The molecule has 2 heterocycles. The van der Waals surface area contributed by atoms with E-state index in [9.17, 15) is 13.2 Å². The van der Waals surface area contributed by atoms with Gasteiger partial charge in [-0.1, -0.05) is 59.2 Å². The molecule has 2 aromatic carbocycles. The van der Waals surface area contributed by atoms with E-state index in [0.29, 0.717) is 21.8 Å². The first-order valence-corrected chi connectivity index (χ1v) is 12.5. The molecule has 0 radical (unpaired) electrons. The highest BCUT2D eigenvalue weighted by atomic mass is 35.5. The Morgan fingerprint density at radius 2 is 1.59 bits per heavy atom. The normalized spacial score (nSPS) is 24.1. The van der Waals surface area contributed by atoms with Crippen molar-refractivity contribution in [3.63, 3.8) is 0 Å². The van der Waals surface area contributed by atoms with Crippen molar-refractivity contribution in [3.05, 3.63) is 69.7 Å². The van der Waals surface area contributed by atoms with E-state index < -0.39 is 9.84 Å². The number of amidine groups is 1. The summed E-state index contributed by atoms with van der Waals surface area (Å²) < 4.78 is 24.2. The predicted octanol–water partition coefficient (Wildman–Crippen LogP) is 3.83. The van der Waals surface area contributed by atoms with Gasteiger partial charge in [-0.15, -0.1) is 0 Å². The highest BCUT2D eigenvalue weighted by Gasteiger charge is 2.48. The molecule has 2 saturated heterocycles. The lowest BCUT2D eigenvalue weighted by Crippen LogP contribution is -2.37. The van der Waals surface area contributed by atoms with Crippen LogP contribution in [0.2, 0.25) is 10.0 Å². The zero-order chi connectivity index (χ0) is 20.6. The van der Waals surface area contributed by atoms with Crippen LogP contribution in [0.25, 0.3) is 0 Å². The van der Waals surface area contributed by atoms with Gasteiger partial charge in [-0.3, -0.25) is 4.79 Å². The number of rotatable bonds is 4. The molecule has 2 aromatic rings. The Kier molecular flexibility index (Phi) is 5.93. The van der Waals surface area contributed by atoms with Crippen molar-refractivity contribution in [3.8, 4) is 0 Å². The van der Waals surface area contributed by atoms with Gasteiger partial charge in [0.25, 0.3) is 5.91 Å². The molecule has 5 nitrogen and oxygen atoms in total. The van der Waals surface area contributed by atoms with Crippen molar-refractivity contribution in [2.75, 3.05) is 11.5 Å². The van der Waals surface area contributed by atoms with Gasteiger partial charge in [0.15, 0.2) is 15.0 Å². The lowest BCUT2D eigenvalue weighted by molar-refractivity contribution is -0.117. The summed E-state index contributed by atoms with van der Waals surface area (Å²) in [5.74, 6) is -0.0641. The first kappa shape index (κ1) is 20.7. The van der Waals surface area contributed by atoms with Crippen molar-refractivity contribution >= 4 is 55.9 Å². The average Bonchev–Trinajstić information content (AvgIpc) is 3.11. The third-order valence-electron chi connectivity index (χ3n) is 4.93. The highest BCUT2D eigenvalue weighted by molar-refractivity contribution is 8.15. The van der Waals surface area contributed by atoms with Gasteiger partial charge in [-0.25, -0.2) is 8.42 Å². The van der Waals surface area contributed by atoms with Crippen molar-refractivity contribution in [2.24, 2.45) is 4.99 Å². The molecule has 2 aliphatic rings. The summed E-state index contributed by atoms with van der Waals surface area (Å²) in [7, 11) is -3.08. The molecule has 0 N–H and O–H groups in total. The minimum atomic E-state index is -3.08. The number of nitrogens with zero attached hydrogens (tertiary/aromatic N) is 2. The van der Waals surface area contributed by atoms with Gasteiger partial charge in [0.1, 0.15) is 0 Å². The van der Waals surface area contributed by atoms with Crippen LogP contribution < -0.4 is 0 Å². The maximum Gasteiger partial charge on any atom is 0.252 e. The van der Waals surface area contributed by atoms with E-state index in [4.69, 9.17) is 23.2 Å². The Labute approximate surface area is 184 Å². The molecule has 152 valence electrons. The van der Waals surface area contributed by atoms with E-state index in [0.717, 1.165) is 11.1 Å². The van der Waals surface area contributed by atoms with E-state index in [-0.39, 0.29) is 35.1 Å². The van der Waals surface area contributed by atoms with Crippen LogP contribution in [0.3, 0.4) is 0 Å². The first-order valence-electron chi connectivity index (χ1n) is 9.03. The minimum absolute atomic E-state index is 0.0860. The molecule has 0 unspecified atom stereocenters. The molecule has 2 aliphatic heterocycles. The van der Waals surface area contributed by atoms with Crippen LogP contribution in [0.15, 0.2) is 53.5 Å². The summed E-state index contributed by atoms with van der Waals surface area (Å²) in [6.45, 7) is 0.480. The first-order chi connectivity index (χ1) is 13.8. The molecular formula is C20H18Cl2N2O3S2. The monoisotopic (exact) mass is 468 g/mol. The molecular weight excluding hydrogens is 451 g/mol. The maximum atomic E-state index is 12.5. The molecule has 0 aromatic heterocycles. The van der Waals surface area contributed by atoms with Gasteiger partial charge in [0.05, 0.1) is 24.0 Å². The molecule has 0 spiro atoms. The number of amides is 1. The fraction of sp³-hybridized carbons (Fsp3) is 0.300. The van der Waals surface area contributed by atoms with Gasteiger partial charge < -0.3 is 4.90 Å². The summed E-state index contributed by atoms with van der Waals surface area (Å²) >= 11 is 13.2. The second kappa shape index (κ2) is 8.30. The third kappa shape index (κ3) is 4.97. The average molecular weight is 469 g/mol. The van der Waals surface area contributed by atoms with Crippen LogP contribution in [0.4, 0.5) is 0 Å². The second-order valence-electron chi connectivity index (χ2n) is 7.15. The van der Waals surface area contributed by atoms with Gasteiger partial charge >= 0.3 is 0 Å². The molecule has 0 aliphatic carbocycles. The van der Waals surface area contributed by atoms with Crippen LogP contribution in [0, 0.1) is 0 Å². The smallest absolute Gasteiger partial charge is 0.252 e. The number of benzene rings is 2. The predicted molar refractivity (Wildman–Crippen MR) is 118 cm³/mol. The molecule has 4 rings (SSSR count). The van der Waals surface area contributed by atoms with Crippen LogP contribution in [-0.2, 0) is 27.6 Å². The Morgan fingerprint density at radius 1 is 1.00 bits per heavy atom. The third-order valence-corrected chi connectivity index (χ3v) is 8.68. The number of carbonyl (C=O) groups is 1. The van der Waals surface area contributed by atoms with Crippen molar-refractivity contribution in [1.82, 2.24) is 4.90 Å². The number of sulfone groups is 1. The molecule has 0 bridgehead atoms. The largest absolute Gasteiger partial charge is 0.342 e. The number of hydrogen-bond acceptors (Lipinski definition) is 4. The van der Waals surface area contributed by atoms with Crippen molar-refractivity contribution in [1.29, 1.82) is 0 Å². The fourth-order valence-corrected chi connectivity index (χ4v) is 7.75. The summed E-state index contributed by atoms with van der Waals surface area (Å²) in [6.07, 6.45) is 0.170. The molecule has 0 saturated carbocycles. The van der Waals surface area contributed by atoms with Crippen LogP contribution in [-0.4, -0.2) is 47.2 Å². The van der Waals surface area contributed by atoms with Crippen molar-refractivity contribution < 1.29 is 13.2 Å². The van der Waals surface area contributed by atoms with Crippen molar-refractivity contribution in [2.45, 2.75) is 24.3 Å². The number of aliphatic imine (C=N–C) groups is 1. The molecule has 1 amide bonds. The lowest BCUT2D eigenvalue weighted by Gasteiger charge is -2.24. The summed E-state index contributed by atoms with van der Waals surface area (Å²) in [6, 6.07) is 14.3. The van der Waals surface area contributed by atoms with E-state index in [1.54, 1.807) is 36.4 Å². The quantitative estimate of drug-likeness (QED) is 0.681. The topological polar surface area (TPSA) is 66.8 Å². The molecule has 2 fully saturated rings. The Hall–Kier alpha value is -1.54. The summed E-state index contributed by atoms with van der Waals surface area (Å²) in [5, 5.41) is 1.73. The zero-order valence-electron chi connectivity index (χ0n) is 15.3. The second-order valence-corrected chi connectivity index (χ2v) is 11.4. The van der Waals surface area contributed by atoms with E-state index in [1.165, 1.54) is 11.8 Å². The van der Waals surface area contributed by atoms with E-state index >= 15 is 0 Å². The number of carbonyl (C=O) groups excluding carboxylic acids is 1. The standard InChI is InChI=1S/C20H18Cl2N2O3S2/c21-15-5-1-13(2-6-15)9-19(25)23-20-24(10-14-3-7-16(22)8-4-14)17-11-29(26,27)12-18(17)28-20/h1-8,17-18H,9-12H2/t17-,18-/m1/s1. The summed E-state index contributed by atoms with van der Waals surface area (Å²) in [4.78, 5) is 18.8. The maximum absolute atomic E-state index is 12.5. The Balaban J connectivity index is 1.56. The number of thioether (sulfide) groups is 1. The number of fused-ring (bicyclic) bond motifs is 1. The summed E-state index contributed by atoms with van der Waals surface area (Å²) in [5.41, 5.74) is 1.82. The Morgan fingerprint density at radius 3 is 2.21 bits per heavy atom. The van der Waals surface area contributed by atoms with Gasteiger partial charge in [0, 0.05) is 21.8 Å². The number of halogens is 2. The molecule has 9 heteroatoms. The van der Waals surface area contributed by atoms with Gasteiger partial charge in [0.2, 0.25) is 0 Å².